The fourth-order valence-corrected chi connectivity index (χ4v) is 3.20. The van der Waals surface area contributed by atoms with Crippen molar-refractivity contribution in [2.45, 2.75) is 45.1 Å². The molecule has 2 atom stereocenters. The molecule has 0 aliphatic heterocycles. The zero-order valence-corrected chi connectivity index (χ0v) is 10.7. The summed E-state index contributed by atoms with van der Waals surface area (Å²) < 4.78 is 0. The normalized spacial score (nSPS) is 25.4. The van der Waals surface area contributed by atoms with Gasteiger partial charge in [0.15, 0.2) is 0 Å². The molecule has 1 aromatic rings. The van der Waals surface area contributed by atoms with Gasteiger partial charge >= 0.3 is 0 Å². The monoisotopic (exact) mass is 233 g/mol. The first-order chi connectivity index (χ1) is 8.22. The fraction of sp³-hybridized carbons (Fsp3) is 0.600. The summed E-state index contributed by atoms with van der Waals surface area (Å²) in [4.78, 5) is 0. The molecule has 2 rings (SSSR count). The van der Waals surface area contributed by atoms with E-state index in [2.05, 4.69) is 31.2 Å². The number of fused-ring (bicyclic) bond motifs is 1. The quantitative estimate of drug-likeness (QED) is 0.838. The highest BCUT2D eigenvalue weighted by Gasteiger charge is 2.38. The van der Waals surface area contributed by atoms with Gasteiger partial charge in [-0.15, -0.1) is 0 Å². The highest BCUT2D eigenvalue weighted by atomic mass is 16.3. The zero-order chi connectivity index (χ0) is 12.3. The number of rotatable bonds is 4. The lowest BCUT2D eigenvalue weighted by Gasteiger charge is -2.42. The van der Waals surface area contributed by atoms with Crippen LogP contribution in [0.4, 0.5) is 0 Å². The van der Waals surface area contributed by atoms with Gasteiger partial charge in [-0.3, -0.25) is 0 Å². The molecule has 0 heterocycles. The van der Waals surface area contributed by atoms with E-state index in [4.69, 9.17) is 5.73 Å². The average Bonchev–Trinajstić information content (AvgIpc) is 2.38. The molecule has 1 aliphatic rings. The van der Waals surface area contributed by atoms with Gasteiger partial charge < -0.3 is 10.8 Å². The van der Waals surface area contributed by atoms with E-state index in [9.17, 15) is 5.11 Å². The standard InChI is InChI=1S/C15H23NO/c1-2-14(16)15(9-10-17)8-7-12-5-3-4-6-13(12)11-15/h3-6,14,17H,2,7-11,16H2,1H3. The van der Waals surface area contributed by atoms with Gasteiger partial charge in [0.05, 0.1) is 0 Å². The molecule has 2 unspecified atom stereocenters. The topological polar surface area (TPSA) is 46.2 Å². The minimum Gasteiger partial charge on any atom is -0.396 e. The summed E-state index contributed by atoms with van der Waals surface area (Å²) >= 11 is 0. The molecule has 0 bridgehead atoms. The van der Waals surface area contributed by atoms with Gasteiger partial charge in [0.1, 0.15) is 0 Å². The smallest absolute Gasteiger partial charge is 0.0437 e. The van der Waals surface area contributed by atoms with E-state index in [1.165, 1.54) is 11.1 Å². The van der Waals surface area contributed by atoms with Crippen molar-refractivity contribution in [2.24, 2.45) is 11.1 Å². The van der Waals surface area contributed by atoms with Gasteiger partial charge in [0.2, 0.25) is 0 Å². The number of nitrogens with two attached hydrogens (primary N) is 1. The lowest BCUT2D eigenvalue weighted by Crippen LogP contribution is -2.45. The van der Waals surface area contributed by atoms with Crippen LogP contribution < -0.4 is 5.73 Å². The number of aliphatic hydroxyl groups is 1. The molecule has 1 aliphatic carbocycles. The Balaban J connectivity index is 2.27. The van der Waals surface area contributed by atoms with E-state index in [-0.39, 0.29) is 18.1 Å². The first-order valence-electron chi connectivity index (χ1n) is 6.65. The highest BCUT2D eigenvalue weighted by molar-refractivity contribution is 5.31. The molecular weight excluding hydrogens is 210 g/mol. The van der Waals surface area contributed by atoms with Gasteiger partial charge in [-0.25, -0.2) is 0 Å². The molecule has 94 valence electrons. The van der Waals surface area contributed by atoms with E-state index >= 15 is 0 Å². The summed E-state index contributed by atoms with van der Waals surface area (Å²) in [6.07, 6.45) is 5.06. The van der Waals surface area contributed by atoms with Crippen LogP contribution in [0.15, 0.2) is 24.3 Å². The van der Waals surface area contributed by atoms with Crippen LogP contribution in [0.5, 0.6) is 0 Å². The van der Waals surface area contributed by atoms with Gasteiger partial charge in [0.25, 0.3) is 0 Å². The summed E-state index contributed by atoms with van der Waals surface area (Å²) in [7, 11) is 0. The molecule has 0 amide bonds. The summed E-state index contributed by atoms with van der Waals surface area (Å²) in [6, 6.07) is 8.84. The maximum Gasteiger partial charge on any atom is 0.0437 e. The SMILES string of the molecule is CCC(N)C1(CCO)CCc2ccccc2C1. The first kappa shape index (κ1) is 12.6. The third-order valence-electron chi connectivity index (χ3n) is 4.39. The average molecular weight is 233 g/mol. The Morgan fingerprint density at radius 1 is 1.35 bits per heavy atom. The van der Waals surface area contributed by atoms with Crippen molar-refractivity contribution >= 4 is 0 Å². The fourth-order valence-electron chi connectivity index (χ4n) is 3.20. The second-order valence-electron chi connectivity index (χ2n) is 5.30. The van der Waals surface area contributed by atoms with Gasteiger partial charge in [-0.2, -0.15) is 0 Å². The van der Waals surface area contributed by atoms with Crippen LogP contribution in [0.2, 0.25) is 0 Å². The van der Waals surface area contributed by atoms with Crippen molar-refractivity contribution in [3.05, 3.63) is 35.4 Å². The number of hydrogen-bond acceptors (Lipinski definition) is 2. The van der Waals surface area contributed by atoms with E-state index in [0.717, 1.165) is 32.1 Å². The Bertz CT molecular complexity index is 377. The largest absolute Gasteiger partial charge is 0.396 e. The van der Waals surface area contributed by atoms with Gasteiger partial charge in [-0.05, 0) is 48.6 Å². The first-order valence-corrected chi connectivity index (χ1v) is 6.65. The van der Waals surface area contributed by atoms with E-state index in [1.54, 1.807) is 0 Å². The number of hydrogen-bond donors (Lipinski definition) is 2. The Morgan fingerprint density at radius 3 is 2.71 bits per heavy atom. The Labute approximate surface area is 104 Å². The van der Waals surface area contributed by atoms with E-state index < -0.39 is 0 Å². The summed E-state index contributed by atoms with van der Waals surface area (Å²) in [5.41, 5.74) is 9.31. The summed E-state index contributed by atoms with van der Waals surface area (Å²) in [6.45, 7) is 2.39. The molecule has 0 saturated carbocycles. The molecular formula is C15H23NO. The molecule has 0 saturated heterocycles. The number of benzene rings is 1. The van der Waals surface area contributed by atoms with Crippen LogP contribution in [-0.4, -0.2) is 17.8 Å². The third kappa shape index (κ3) is 2.38. The van der Waals surface area contributed by atoms with Crippen LogP contribution in [0.3, 0.4) is 0 Å². The second-order valence-corrected chi connectivity index (χ2v) is 5.30. The van der Waals surface area contributed by atoms with Crippen LogP contribution in [0.1, 0.15) is 37.3 Å². The van der Waals surface area contributed by atoms with Crippen molar-refractivity contribution in [3.8, 4) is 0 Å². The van der Waals surface area contributed by atoms with Crippen molar-refractivity contribution in [1.29, 1.82) is 0 Å². The third-order valence-corrected chi connectivity index (χ3v) is 4.39. The van der Waals surface area contributed by atoms with Gasteiger partial charge in [0, 0.05) is 12.6 Å². The zero-order valence-electron chi connectivity index (χ0n) is 10.7. The number of aliphatic hydroxyl groups excluding tert-OH is 1. The minimum absolute atomic E-state index is 0.109. The van der Waals surface area contributed by atoms with Crippen LogP contribution in [0, 0.1) is 5.41 Å². The molecule has 17 heavy (non-hydrogen) atoms. The molecule has 1 aromatic carbocycles. The van der Waals surface area contributed by atoms with E-state index in [1.807, 2.05) is 0 Å². The molecule has 2 heteroatoms. The van der Waals surface area contributed by atoms with Gasteiger partial charge in [-0.1, -0.05) is 31.2 Å². The molecule has 0 fully saturated rings. The predicted octanol–water partition coefficient (Wildman–Crippen LogP) is 2.28. The van der Waals surface area contributed by atoms with Crippen molar-refractivity contribution in [3.63, 3.8) is 0 Å². The van der Waals surface area contributed by atoms with Crippen LogP contribution >= 0.6 is 0 Å². The van der Waals surface area contributed by atoms with Crippen LogP contribution in [0.25, 0.3) is 0 Å². The van der Waals surface area contributed by atoms with Crippen molar-refractivity contribution in [2.75, 3.05) is 6.61 Å². The molecule has 3 N–H and O–H groups in total. The molecule has 0 aromatic heterocycles. The second kappa shape index (κ2) is 5.19. The van der Waals surface area contributed by atoms with Crippen LogP contribution in [-0.2, 0) is 12.8 Å². The highest BCUT2D eigenvalue weighted by Crippen LogP contribution is 2.41. The lowest BCUT2D eigenvalue weighted by atomic mass is 9.65. The summed E-state index contributed by atoms with van der Waals surface area (Å²) in [5.74, 6) is 0. The molecule has 0 spiro atoms. The predicted molar refractivity (Wildman–Crippen MR) is 70.9 cm³/mol. The Morgan fingerprint density at radius 2 is 2.06 bits per heavy atom. The molecule has 0 radical (unpaired) electrons. The summed E-state index contributed by atoms with van der Waals surface area (Å²) in [5, 5.41) is 9.32. The minimum atomic E-state index is 0.109. The number of aryl methyl sites for hydroxylation is 1. The Kier molecular flexibility index (Phi) is 3.85. The Hall–Kier alpha value is -0.860. The lowest BCUT2D eigenvalue weighted by molar-refractivity contribution is 0.125. The van der Waals surface area contributed by atoms with Crippen molar-refractivity contribution < 1.29 is 5.11 Å². The maximum absolute atomic E-state index is 9.32. The maximum atomic E-state index is 9.32. The van der Waals surface area contributed by atoms with E-state index in [0.29, 0.717) is 0 Å². The molecule has 2 nitrogen and oxygen atoms in total. The van der Waals surface area contributed by atoms with Crippen molar-refractivity contribution in [1.82, 2.24) is 0 Å².